The molecule has 1 fully saturated rings. The van der Waals surface area contributed by atoms with E-state index in [4.69, 9.17) is 15.2 Å². The highest BCUT2D eigenvalue weighted by Gasteiger charge is 2.35. The first-order valence-corrected chi connectivity index (χ1v) is 10.2. The van der Waals surface area contributed by atoms with E-state index in [0.29, 0.717) is 50.3 Å². The largest absolute Gasteiger partial charge is 0.504 e. The second kappa shape index (κ2) is 9.69. The highest BCUT2D eigenvalue weighted by Crippen LogP contribution is 2.34. The fourth-order valence-corrected chi connectivity index (χ4v) is 3.92. The maximum absolute atomic E-state index is 12.7. The van der Waals surface area contributed by atoms with Gasteiger partial charge in [-0.25, -0.2) is 9.59 Å². The van der Waals surface area contributed by atoms with Gasteiger partial charge in [0.15, 0.2) is 11.5 Å². The number of esters is 1. The van der Waals surface area contributed by atoms with Crippen LogP contribution in [0.3, 0.4) is 0 Å². The van der Waals surface area contributed by atoms with Gasteiger partial charge >= 0.3 is 12.0 Å². The van der Waals surface area contributed by atoms with Crippen molar-refractivity contribution in [2.45, 2.75) is 25.8 Å². The van der Waals surface area contributed by atoms with Crippen LogP contribution in [0.15, 0.2) is 29.5 Å². The van der Waals surface area contributed by atoms with Crippen molar-refractivity contribution in [3.63, 3.8) is 0 Å². The lowest BCUT2D eigenvalue weighted by molar-refractivity contribution is -0.136. The first-order valence-electron chi connectivity index (χ1n) is 10.2. The lowest BCUT2D eigenvalue weighted by Crippen LogP contribution is -2.49. The summed E-state index contributed by atoms with van der Waals surface area (Å²) in [7, 11) is 1.28. The number of phenolic OH excluding ortho intramolecular Hbond substituents is 1. The number of primary amides is 1. The summed E-state index contributed by atoms with van der Waals surface area (Å²) in [5.41, 5.74) is 6.68. The first-order chi connectivity index (χ1) is 14.8. The SMILES string of the molecule is CCOc1cc([C@H]2NC(=O)NC(CN3CCC(C(N)=O)CC3)=C2C(=O)OC)ccc1O. The average molecular weight is 432 g/mol. The number of nitrogens with zero attached hydrogens (tertiary/aromatic N) is 1. The minimum absolute atomic E-state index is 0.0352. The Bertz CT molecular complexity index is 892. The molecule has 10 heteroatoms. The van der Waals surface area contributed by atoms with Crippen molar-refractivity contribution in [3.8, 4) is 11.5 Å². The Kier molecular flexibility index (Phi) is 7.01. The molecule has 168 valence electrons. The van der Waals surface area contributed by atoms with Gasteiger partial charge in [-0.1, -0.05) is 6.07 Å². The molecule has 1 saturated heterocycles. The summed E-state index contributed by atoms with van der Waals surface area (Å²) >= 11 is 0. The molecular weight excluding hydrogens is 404 g/mol. The molecule has 2 aliphatic heterocycles. The number of ether oxygens (including phenoxy) is 2. The van der Waals surface area contributed by atoms with Crippen molar-refractivity contribution in [1.29, 1.82) is 0 Å². The lowest BCUT2D eigenvalue weighted by atomic mass is 9.93. The minimum Gasteiger partial charge on any atom is -0.504 e. The number of phenols is 1. The molecule has 0 aromatic heterocycles. The van der Waals surface area contributed by atoms with Crippen molar-refractivity contribution >= 4 is 17.9 Å². The van der Waals surface area contributed by atoms with Crippen LogP contribution in [0.5, 0.6) is 11.5 Å². The first kappa shape index (κ1) is 22.4. The van der Waals surface area contributed by atoms with Crippen LogP contribution in [0, 0.1) is 5.92 Å². The predicted octanol–water partition coefficient (Wildman–Crippen LogP) is 0.769. The van der Waals surface area contributed by atoms with Crippen molar-refractivity contribution in [2.75, 3.05) is 33.4 Å². The number of aromatic hydroxyl groups is 1. The highest BCUT2D eigenvalue weighted by molar-refractivity contribution is 5.95. The minimum atomic E-state index is -0.779. The Labute approximate surface area is 180 Å². The van der Waals surface area contributed by atoms with Crippen LogP contribution in [-0.4, -0.2) is 61.3 Å². The molecule has 2 heterocycles. The fourth-order valence-electron chi connectivity index (χ4n) is 3.92. The van der Waals surface area contributed by atoms with Gasteiger partial charge in [0, 0.05) is 18.2 Å². The number of amides is 3. The molecule has 10 nitrogen and oxygen atoms in total. The zero-order valence-electron chi connectivity index (χ0n) is 17.6. The van der Waals surface area contributed by atoms with Gasteiger partial charge in [-0.2, -0.15) is 0 Å². The molecule has 0 radical (unpaired) electrons. The number of methoxy groups -OCH3 is 1. The van der Waals surface area contributed by atoms with Crippen LogP contribution < -0.4 is 21.1 Å². The maximum atomic E-state index is 12.7. The number of likely N-dealkylation sites (tertiary alicyclic amines) is 1. The Hall–Kier alpha value is -3.27. The van der Waals surface area contributed by atoms with E-state index in [-0.39, 0.29) is 28.9 Å². The Balaban J connectivity index is 1.92. The van der Waals surface area contributed by atoms with Gasteiger partial charge in [0.2, 0.25) is 5.91 Å². The molecule has 3 amide bonds. The molecule has 0 unspecified atom stereocenters. The molecule has 3 rings (SSSR count). The molecular formula is C21H28N4O6. The van der Waals surface area contributed by atoms with Gasteiger partial charge in [-0.15, -0.1) is 0 Å². The quantitative estimate of drug-likeness (QED) is 0.466. The Morgan fingerprint density at radius 2 is 2.00 bits per heavy atom. The molecule has 0 bridgehead atoms. The van der Waals surface area contributed by atoms with E-state index < -0.39 is 18.0 Å². The molecule has 0 saturated carbocycles. The van der Waals surface area contributed by atoms with E-state index in [9.17, 15) is 19.5 Å². The summed E-state index contributed by atoms with van der Waals surface area (Å²) in [5, 5.41) is 15.5. The number of nitrogens with two attached hydrogens (primary N) is 1. The number of carbonyl (C=O) groups excluding carboxylic acids is 3. The van der Waals surface area contributed by atoms with Gasteiger partial charge in [0.25, 0.3) is 0 Å². The van der Waals surface area contributed by atoms with Gasteiger partial charge in [-0.3, -0.25) is 9.69 Å². The molecule has 5 N–H and O–H groups in total. The monoisotopic (exact) mass is 432 g/mol. The number of hydrogen-bond donors (Lipinski definition) is 4. The molecule has 2 aliphatic rings. The van der Waals surface area contributed by atoms with Crippen molar-refractivity contribution < 1.29 is 29.0 Å². The van der Waals surface area contributed by atoms with Gasteiger partial charge in [0.05, 0.1) is 25.3 Å². The third-order valence-electron chi connectivity index (χ3n) is 5.55. The van der Waals surface area contributed by atoms with Gasteiger partial charge in [-0.05, 0) is 50.6 Å². The summed E-state index contributed by atoms with van der Waals surface area (Å²) in [5.74, 6) is -0.818. The van der Waals surface area contributed by atoms with Crippen LogP contribution in [0.2, 0.25) is 0 Å². The smallest absolute Gasteiger partial charge is 0.338 e. The average Bonchev–Trinajstić information content (AvgIpc) is 2.75. The van der Waals surface area contributed by atoms with E-state index >= 15 is 0 Å². The van der Waals surface area contributed by atoms with Gasteiger partial charge < -0.3 is 30.9 Å². The Morgan fingerprint density at radius 1 is 1.29 bits per heavy atom. The topological polar surface area (TPSA) is 143 Å². The third kappa shape index (κ3) is 5.08. The van der Waals surface area contributed by atoms with E-state index in [1.54, 1.807) is 19.1 Å². The van der Waals surface area contributed by atoms with Gasteiger partial charge in [0.1, 0.15) is 0 Å². The van der Waals surface area contributed by atoms with Crippen LogP contribution >= 0.6 is 0 Å². The predicted molar refractivity (Wildman–Crippen MR) is 111 cm³/mol. The second-order valence-electron chi connectivity index (χ2n) is 7.53. The number of hydrogen-bond acceptors (Lipinski definition) is 7. The normalized spacial score (nSPS) is 20.1. The van der Waals surface area contributed by atoms with E-state index in [0.717, 1.165) is 0 Å². The fraction of sp³-hybridized carbons (Fsp3) is 0.476. The standard InChI is InChI=1S/C21H28N4O6/c1-3-31-16-10-13(4-5-15(16)26)18-17(20(28)30-2)14(23-21(29)24-18)11-25-8-6-12(7-9-25)19(22)27/h4-5,10,12,18,26H,3,6-9,11H2,1-2H3,(H2,22,27)(H2,23,24,29)/t18-/m1/s1. The summed E-state index contributed by atoms with van der Waals surface area (Å²) < 4.78 is 10.4. The molecule has 1 aromatic carbocycles. The number of nitrogens with one attached hydrogen (secondary N) is 2. The Morgan fingerprint density at radius 3 is 2.61 bits per heavy atom. The van der Waals surface area contributed by atoms with Crippen molar-refractivity contribution in [1.82, 2.24) is 15.5 Å². The van der Waals surface area contributed by atoms with E-state index in [2.05, 4.69) is 15.5 Å². The number of urea groups is 1. The maximum Gasteiger partial charge on any atom is 0.338 e. The third-order valence-corrected chi connectivity index (χ3v) is 5.55. The zero-order valence-corrected chi connectivity index (χ0v) is 17.6. The molecule has 31 heavy (non-hydrogen) atoms. The van der Waals surface area contributed by atoms with Crippen molar-refractivity contribution in [3.05, 3.63) is 35.0 Å². The molecule has 1 aromatic rings. The number of rotatable bonds is 7. The second-order valence-corrected chi connectivity index (χ2v) is 7.53. The summed E-state index contributed by atoms with van der Waals surface area (Å²) in [4.78, 5) is 38.6. The van der Waals surface area contributed by atoms with Crippen LogP contribution in [0.25, 0.3) is 0 Å². The lowest BCUT2D eigenvalue weighted by Gasteiger charge is -2.34. The zero-order chi connectivity index (χ0) is 22.5. The molecule has 1 atom stereocenters. The van der Waals surface area contributed by atoms with Crippen molar-refractivity contribution in [2.24, 2.45) is 11.7 Å². The van der Waals surface area contributed by atoms with E-state index in [1.165, 1.54) is 13.2 Å². The number of benzene rings is 1. The summed E-state index contributed by atoms with van der Waals surface area (Å²) in [6.45, 7) is 3.69. The number of piperidine rings is 1. The molecule has 0 aliphatic carbocycles. The van der Waals surface area contributed by atoms with E-state index in [1.807, 2.05) is 0 Å². The highest BCUT2D eigenvalue weighted by atomic mass is 16.5. The van der Waals surface area contributed by atoms with Crippen LogP contribution in [-0.2, 0) is 14.3 Å². The summed E-state index contributed by atoms with van der Waals surface area (Å²) in [6, 6.07) is 3.43. The van der Waals surface area contributed by atoms with Crippen LogP contribution in [0.4, 0.5) is 4.79 Å². The molecule has 0 spiro atoms. The summed E-state index contributed by atoms with van der Waals surface area (Å²) in [6.07, 6.45) is 1.25. The van der Waals surface area contributed by atoms with Crippen LogP contribution in [0.1, 0.15) is 31.4 Å². The number of carbonyl (C=O) groups is 3.